The zero-order valence-corrected chi connectivity index (χ0v) is 19.2. The van der Waals surface area contributed by atoms with Crippen molar-refractivity contribution in [3.63, 3.8) is 0 Å². The van der Waals surface area contributed by atoms with Crippen LogP contribution < -0.4 is 20.3 Å². The number of methoxy groups -OCH3 is 2. The molecule has 4 rings (SSSR count). The Balaban J connectivity index is 1.55. The number of thioether (sulfide) groups is 1. The predicted octanol–water partition coefficient (Wildman–Crippen LogP) is 3.40. The lowest BCUT2D eigenvalue weighted by atomic mass is 10.1. The summed E-state index contributed by atoms with van der Waals surface area (Å²) in [5.74, 6) is 1.07. The molecule has 0 aliphatic heterocycles. The van der Waals surface area contributed by atoms with Crippen molar-refractivity contribution in [2.45, 2.75) is 18.5 Å². The van der Waals surface area contributed by atoms with E-state index in [9.17, 15) is 9.59 Å². The summed E-state index contributed by atoms with van der Waals surface area (Å²) in [7, 11) is 3.12. The summed E-state index contributed by atoms with van der Waals surface area (Å²) >= 11 is 1.18. The van der Waals surface area contributed by atoms with Gasteiger partial charge in [-0.25, -0.2) is 9.61 Å². The third-order valence-electron chi connectivity index (χ3n) is 5.03. The van der Waals surface area contributed by atoms with Gasteiger partial charge in [0.25, 0.3) is 5.56 Å². The molecule has 0 unspecified atom stereocenters. The molecule has 0 spiro atoms. The van der Waals surface area contributed by atoms with Crippen LogP contribution >= 0.6 is 11.8 Å². The zero-order valence-electron chi connectivity index (χ0n) is 18.4. The van der Waals surface area contributed by atoms with Crippen molar-refractivity contribution in [1.29, 1.82) is 0 Å². The molecule has 0 saturated heterocycles. The summed E-state index contributed by atoms with van der Waals surface area (Å²) < 4.78 is 12.1. The van der Waals surface area contributed by atoms with Gasteiger partial charge in [0, 0.05) is 11.3 Å². The Morgan fingerprint density at radius 3 is 2.55 bits per heavy atom. The highest BCUT2D eigenvalue weighted by Crippen LogP contribution is 2.32. The average molecular weight is 466 g/mol. The zero-order chi connectivity index (χ0) is 23.4. The SMILES string of the molecule is CCc1ccc(NC(=O)CSc2n[nH]c(=O)c3cc(-c4ccc(OC)c(OC)c4)nn23)cc1. The standard InChI is InChI=1S/C23H23N5O4S/c1-4-14-5-8-16(9-6-14)24-21(29)13-33-23-26-25-22(30)18-12-17(27-28(18)23)15-7-10-19(31-2)20(11-15)32-3/h5-12H,4,13H2,1-3H3,(H,24,29)(H,25,30). The quantitative estimate of drug-likeness (QED) is 0.384. The largest absolute Gasteiger partial charge is 0.493 e. The first kappa shape index (κ1) is 22.4. The molecule has 0 atom stereocenters. The van der Waals surface area contributed by atoms with Gasteiger partial charge >= 0.3 is 0 Å². The fourth-order valence-electron chi connectivity index (χ4n) is 3.27. The monoisotopic (exact) mass is 465 g/mol. The Morgan fingerprint density at radius 1 is 1.09 bits per heavy atom. The van der Waals surface area contributed by atoms with E-state index in [0.717, 1.165) is 17.7 Å². The van der Waals surface area contributed by atoms with Gasteiger partial charge in [-0.1, -0.05) is 30.8 Å². The van der Waals surface area contributed by atoms with Gasteiger partial charge in [0.2, 0.25) is 11.1 Å². The lowest BCUT2D eigenvalue weighted by Crippen LogP contribution is -2.17. The molecule has 170 valence electrons. The van der Waals surface area contributed by atoms with Crippen LogP contribution in [0.1, 0.15) is 12.5 Å². The molecule has 0 radical (unpaired) electrons. The normalized spacial score (nSPS) is 10.9. The highest BCUT2D eigenvalue weighted by molar-refractivity contribution is 7.99. The van der Waals surface area contributed by atoms with Crippen molar-refractivity contribution in [2.24, 2.45) is 0 Å². The van der Waals surface area contributed by atoms with Gasteiger partial charge in [-0.3, -0.25) is 9.59 Å². The minimum absolute atomic E-state index is 0.106. The number of nitrogens with zero attached hydrogens (tertiary/aromatic N) is 3. The maximum atomic E-state index is 12.4. The van der Waals surface area contributed by atoms with Gasteiger partial charge in [-0.05, 0) is 48.4 Å². The Morgan fingerprint density at radius 2 is 1.85 bits per heavy atom. The molecule has 2 N–H and O–H groups in total. The number of aryl methyl sites for hydroxylation is 1. The first-order valence-electron chi connectivity index (χ1n) is 10.2. The van der Waals surface area contributed by atoms with Crippen LogP contribution in [0.3, 0.4) is 0 Å². The molecule has 0 aliphatic carbocycles. The molecule has 1 amide bonds. The van der Waals surface area contributed by atoms with E-state index in [1.54, 1.807) is 32.4 Å². The van der Waals surface area contributed by atoms with E-state index < -0.39 is 0 Å². The second-order valence-corrected chi connectivity index (χ2v) is 8.06. The number of anilines is 1. The fourth-order valence-corrected chi connectivity index (χ4v) is 3.98. The van der Waals surface area contributed by atoms with E-state index in [0.29, 0.717) is 27.9 Å². The van der Waals surface area contributed by atoms with Crippen molar-refractivity contribution >= 4 is 28.9 Å². The molecule has 9 nitrogen and oxygen atoms in total. The Bertz CT molecular complexity index is 1350. The lowest BCUT2D eigenvalue weighted by Gasteiger charge is -2.08. The number of H-pyrrole nitrogens is 1. The topological polar surface area (TPSA) is 111 Å². The van der Waals surface area contributed by atoms with Gasteiger partial charge in [0.15, 0.2) is 11.5 Å². The van der Waals surface area contributed by atoms with E-state index in [-0.39, 0.29) is 17.2 Å². The second-order valence-electron chi connectivity index (χ2n) is 7.12. The smallest absolute Gasteiger partial charge is 0.290 e. The number of rotatable bonds is 8. The van der Waals surface area contributed by atoms with Crippen molar-refractivity contribution in [1.82, 2.24) is 19.8 Å². The van der Waals surface area contributed by atoms with Crippen LogP contribution in [0.4, 0.5) is 5.69 Å². The number of hydrogen-bond donors (Lipinski definition) is 2. The average Bonchev–Trinajstić information content (AvgIpc) is 3.30. The van der Waals surface area contributed by atoms with Gasteiger partial charge < -0.3 is 14.8 Å². The van der Waals surface area contributed by atoms with Crippen LogP contribution in [0.25, 0.3) is 16.8 Å². The molecule has 0 aliphatic rings. The van der Waals surface area contributed by atoms with Gasteiger partial charge in [0.1, 0.15) is 5.52 Å². The van der Waals surface area contributed by atoms with Crippen LogP contribution in [0.5, 0.6) is 11.5 Å². The molecule has 0 saturated carbocycles. The van der Waals surface area contributed by atoms with Crippen molar-refractivity contribution in [2.75, 3.05) is 25.3 Å². The number of nitrogens with one attached hydrogen (secondary N) is 2. The molecular weight excluding hydrogens is 442 g/mol. The molecule has 10 heteroatoms. The van der Waals surface area contributed by atoms with Crippen LogP contribution in [0, 0.1) is 0 Å². The van der Waals surface area contributed by atoms with Crippen LogP contribution in [-0.4, -0.2) is 45.7 Å². The summed E-state index contributed by atoms with van der Waals surface area (Å²) in [6, 6.07) is 14.8. The molecule has 2 heterocycles. The number of carbonyl (C=O) groups is 1. The number of carbonyl (C=O) groups excluding carboxylic acids is 1. The van der Waals surface area contributed by atoms with E-state index in [1.807, 2.05) is 30.3 Å². The minimum atomic E-state index is -0.376. The summed E-state index contributed by atoms with van der Waals surface area (Å²) in [5.41, 5.74) is 3.20. The summed E-state index contributed by atoms with van der Waals surface area (Å²) in [5, 5.41) is 14.3. The van der Waals surface area contributed by atoms with Gasteiger partial charge in [-0.2, -0.15) is 5.10 Å². The third kappa shape index (κ3) is 4.85. The number of amides is 1. The molecular formula is C23H23N5O4S. The summed E-state index contributed by atoms with van der Waals surface area (Å²) in [4.78, 5) is 24.7. The number of ether oxygens (including phenoxy) is 2. The Labute approximate surface area is 194 Å². The van der Waals surface area contributed by atoms with Crippen molar-refractivity contribution < 1.29 is 14.3 Å². The van der Waals surface area contributed by atoms with Crippen LogP contribution in [-0.2, 0) is 11.2 Å². The van der Waals surface area contributed by atoms with E-state index in [2.05, 4.69) is 27.5 Å². The minimum Gasteiger partial charge on any atom is -0.493 e. The van der Waals surface area contributed by atoms with Crippen molar-refractivity contribution in [3.05, 3.63) is 64.4 Å². The number of fused-ring (bicyclic) bond motifs is 1. The Kier molecular flexibility index (Phi) is 6.64. The second kappa shape index (κ2) is 9.78. The van der Waals surface area contributed by atoms with E-state index in [1.165, 1.54) is 21.8 Å². The van der Waals surface area contributed by atoms with Crippen LogP contribution in [0.2, 0.25) is 0 Å². The Hall–Kier alpha value is -3.79. The number of hydrogen-bond acceptors (Lipinski definition) is 7. The van der Waals surface area contributed by atoms with E-state index >= 15 is 0 Å². The lowest BCUT2D eigenvalue weighted by molar-refractivity contribution is -0.113. The summed E-state index contributed by atoms with van der Waals surface area (Å²) in [6.07, 6.45) is 0.938. The van der Waals surface area contributed by atoms with Crippen LogP contribution in [0.15, 0.2) is 58.5 Å². The van der Waals surface area contributed by atoms with Crippen molar-refractivity contribution in [3.8, 4) is 22.8 Å². The molecule has 2 aromatic heterocycles. The highest BCUT2D eigenvalue weighted by atomic mass is 32.2. The first-order valence-corrected chi connectivity index (χ1v) is 11.2. The number of benzene rings is 2. The van der Waals surface area contributed by atoms with Gasteiger partial charge in [-0.15, -0.1) is 5.10 Å². The predicted molar refractivity (Wildman–Crippen MR) is 127 cm³/mol. The maximum Gasteiger partial charge on any atom is 0.290 e. The molecule has 4 aromatic rings. The molecule has 2 aromatic carbocycles. The van der Waals surface area contributed by atoms with Gasteiger partial charge in [0.05, 0.1) is 25.7 Å². The molecule has 0 fully saturated rings. The van der Waals surface area contributed by atoms with E-state index in [4.69, 9.17) is 9.47 Å². The number of aromatic nitrogens is 4. The number of aromatic amines is 1. The summed E-state index contributed by atoms with van der Waals surface area (Å²) in [6.45, 7) is 2.08. The third-order valence-corrected chi connectivity index (χ3v) is 5.96. The highest BCUT2D eigenvalue weighted by Gasteiger charge is 2.15. The molecule has 33 heavy (non-hydrogen) atoms. The molecule has 0 bridgehead atoms. The first-order chi connectivity index (χ1) is 16.0. The fraction of sp³-hybridized carbons (Fsp3) is 0.217. The maximum absolute atomic E-state index is 12.4.